The first-order valence-electron chi connectivity index (χ1n) is 10.5. The maximum Gasteiger partial charge on any atom is 0.219 e. The van der Waals surface area contributed by atoms with Crippen LogP contribution in [0.2, 0.25) is 0 Å². The lowest BCUT2D eigenvalue weighted by molar-refractivity contribution is 0.430. The first-order chi connectivity index (χ1) is 15.0. The average Bonchev–Trinajstić information content (AvgIpc) is 3.16. The van der Waals surface area contributed by atoms with Gasteiger partial charge in [-0.15, -0.1) is 0 Å². The molecule has 0 aliphatic carbocycles. The standard InChI is InChI=1S/C23H29N7O/c1-17(9-10-24)16-27-23(26-2)19-8-7-18(15-25)13-20(19)31-22-14-21(28-29(22)3)30-11-5-4-6-12-30/h7-8,13-14,16H,2,4-6,9-12,24H2,1,3H3/b17-16+,27-23-. The maximum absolute atomic E-state index is 9.36. The number of nitrogens with zero attached hydrogens (tertiary/aromatic N) is 6. The number of nitrogens with two attached hydrogens (primary N) is 1. The Morgan fingerprint density at radius 1 is 1.32 bits per heavy atom. The molecule has 2 aromatic rings. The molecule has 0 saturated carbocycles. The summed E-state index contributed by atoms with van der Waals surface area (Å²) in [7, 11) is 1.84. The van der Waals surface area contributed by atoms with Crippen molar-refractivity contribution >= 4 is 18.4 Å². The lowest BCUT2D eigenvalue weighted by Crippen LogP contribution is -2.29. The van der Waals surface area contributed by atoms with E-state index in [0.29, 0.717) is 35.1 Å². The molecule has 0 atom stereocenters. The Bertz CT molecular complexity index is 1020. The number of piperidine rings is 1. The number of hydrogen-bond donors (Lipinski definition) is 1. The summed E-state index contributed by atoms with van der Waals surface area (Å²) in [4.78, 5) is 10.8. The van der Waals surface area contributed by atoms with E-state index in [0.717, 1.165) is 30.9 Å². The lowest BCUT2D eigenvalue weighted by Gasteiger charge is -2.26. The Morgan fingerprint density at radius 3 is 2.77 bits per heavy atom. The van der Waals surface area contributed by atoms with Gasteiger partial charge in [-0.2, -0.15) is 10.4 Å². The molecule has 0 amide bonds. The number of benzene rings is 1. The summed E-state index contributed by atoms with van der Waals surface area (Å²) >= 11 is 0. The first-order valence-corrected chi connectivity index (χ1v) is 10.5. The smallest absolute Gasteiger partial charge is 0.219 e. The van der Waals surface area contributed by atoms with Crippen LogP contribution in [0.3, 0.4) is 0 Å². The molecular formula is C23H29N7O. The van der Waals surface area contributed by atoms with Gasteiger partial charge in [0.05, 0.1) is 17.2 Å². The number of hydrogen-bond acceptors (Lipinski definition) is 6. The summed E-state index contributed by atoms with van der Waals surface area (Å²) in [5, 5.41) is 14.0. The third-order valence-corrected chi connectivity index (χ3v) is 5.17. The third kappa shape index (κ3) is 5.58. The topological polar surface area (TPSA) is 105 Å². The van der Waals surface area contributed by atoms with Crippen LogP contribution in [0.25, 0.3) is 0 Å². The minimum atomic E-state index is 0.411. The summed E-state index contributed by atoms with van der Waals surface area (Å²) in [6, 6.07) is 9.25. The fraction of sp³-hybridized carbons (Fsp3) is 0.391. The second-order valence-electron chi connectivity index (χ2n) is 7.56. The Balaban J connectivity index is 1.94. The fourth-order valence-electron chi connectivity index (χ4n) is 3.44. The van der Waals surface area contributed by atoms with E-state index in [1.165, 1.54) is 19.3 Å². The molecule has 1 aromatic carbocycles. The number of amidine groups is 1. The second kappa shape index (κ2) is 10.5. The first kappa shape index (κ1) is 22.2. The monoisotopic (exact) mass is 419 g/mol. The van der Waals surface area contributed by atoms with Crippen LogP contribution in [0.5, 0.6) is 11.6 Å². The SMILES string of the molecule is C=N/C(=N\C=C(/C)CCN)c1ccc(C#N)cc1Oc1cc(N2CCCCC2)nn1C. The fourth-order valence-corrected chi connectivity index (χ4v) is 3.44. The molecular weight excluding hydrogens is 390 g/mol. The van der Waals surface area contributed by atoms with E-state index >= 15 is 0 Å². The molecule has 8 heteroatoms. The van der Waals surface area contributed by atoms with Gasteiger partial charge in [-0.3, -0.25) is 0 Å². The Kier molecular flexibility index (Phi) is 7.57. The molecule has 1 aliphatic rings. The van der Waals surface area contributed by atoms with Gasteiger partial charge in [-0.25, -0.2) is 14.7 Å². The highest BCUT2D eigenvalue weighted by molar-refractivity contribution is 6.04. The Labute approximate surface area is 183 Å². The van der Waals surface area contributed by atoms with E-state index in [-0.39, 0.29) is 0 Å². The largest absolute Gasteiger partial charge is 0.438 e. The highest BCUT2D eigenvalue weighted by atomic mass is 16.5. The van der Waals surface area contributed by atoms with Crippen LogP contribution in [0.1, 0.15) is 43.7 Å². The van der Waals surface area contributed by atoms with Gasteiger partial charge in [0.1, 0.15) is 5.75 Å². The van der Waals surface area contributed by atoms with Gasteiger partial charge in [0, 0.05) is 32.4 Å². The van der Waals surface area contributed by atoms with Crippen LogP contribution in [0.15, 0.2) is 46.0 Å². The van der Waals surface area contributed by atoms with Crippen molar-refractivity contribution in [2.45, 2.75) is 32.6 Å². The van der Waals surface area contributed by atoms with Crippen molar-refractivity contribution in [2.75, 3.05) is 24.5 Å². The van der Waals surface area contributed by atoms with Gasteiger partial charge in [0.15, 0.2) is 11.7 Å². The van der Waals surface area contributed by atoms with E-state index in [1.54, 1.807) is 29.1 Å². The number of nitriles is 1. The van der Waals surface area contributed by atoms with Crippen molar-refractivity contribution in [3.8, 4) is 17.7 Å². The lowest BCUT2D eigenvalue weighted by atomic mass is 10.1. The van der Waals surface area contributed by atoms with Crippen LogP contribution < -0.4 is 15.4 Å². The maximum atomic E-state index is 9.36. The van der Waals surface area contributed by atoms with Gasteiger partial charge >= 0.3 is 0 Å². The summed E-state index contributed by atoms with van der Waals surface area (Å²) in [5.74, 6) is 2.36. The number of aryl methyl sites for hydroxylation is 1. The van der Waals surface area contributed by atoms with E-state index in [9.17, 15) is 5.26 Å². The van der Waals surface area contributed by atoms with Crippen molar-refractivity contribution < 1.29 is 4.74 Å². The van der Waals surface area contributed by atoms with Crippen molar-refractivity contribution in [2.24, 2.45) is 22.8 Å². The quantitative estimate of drug-likeness (QED) is 0.543. The zero-order valence-corrected chi connectivity index (χ0v) is 18.2. The predicted octanol–water partition coefficient (Wildman–Crippen LogP) is 3.77. The molecule has 2 N–H and O–H groups in total. The summed E-state index contributed by atoms with van der Waals surface area (Å²) in [6.07, 6.45) is 6.08. The van der Waals surface area contributed by atoms with Crippen LogP contribution in [0, 0.1) is 11.3 Å². The average molecular weight is 420 g/mol. The van der Waals surface area contributed by atoms with E-state index in [4.69, 9.17) is 10.5 Å². The molecule has 1 aliphatic heterocycles. The summed E-state index contributed by atoms with van der Waals surface area (Å²) < 4.78 is 7.91. The molecule has 162 valence electrons. The number of anilines is 1. The van der Waals surface area contributed by atoms with Crippen molar-refractivity contribution in [3.63, 3.8) is 0 Å². The van der Waals surface area contributed by atoms with Crippen LogP contribution in [0.4, 0.5) is 5.82 Å². The molecule has 8 nitrogen and oxygen atoms in total. The number of rotatable bonds is 7. The molecule has 0 spiro atoms. The summed E-state index contributed by atoms with van der Waals surface area (Å²) in [5.41, 5.74) is 7.77. The van der Waals surface area contributed by atoms with E-state index in [2.05, 4.69) is 32.8 Å². The van der Waals surface area contributed by atoms with Gasteiger partial charge in [-0.1, -0.05) is 5.57 Å². The van der Waals surface area contributed by atoms with Crippen molar-refractivity contribution in [3.05, 3.63) is 47.2 Å². The summed E-state index contributed by atoms with van der Waals surface area (Å²) in [6.45, 7) is 8.17. The zero-order valence-electron chi connectivity index (χ0n) is 18.2. The highest BCUT2D eigenvalue weighted by Gasteiger charge is 2.18. The zero-order chi connectivity index (χ0) is 22.2. The molecule has 0 unspecified atom stereocenters. The molecule has 2 heterocycles. The Morgan fingerprint density at radius 2 is 2.10 bits per heavy atom. The second-order valence-corrected chi connectivity index (χ2v) is 7.56. The van der Waals surface area contributed by atoms with Crippen LogP contribution in [-0.4, -0.2) is 42.0 Å². The molecule has 31 heavy (non-hydrogen) atoms. The molecule has 1 fully saturated rings. The minimum Gasteiger partial charge on any atom is -0.438 e. The normalized spacial score (nSPS) is 15.0. The molecule has 3 rings (SSSR count). The highest BCUT2D eigenvalue weighted by Crippen LogP contribution is 2.30. The number of aromatic nitrogens is 2. The van der Waals surface area contributed by atoms with Gasteiger partial charge < -0.3 is 15.4 Å². The molecule has 1 aromatic heterocycles. The Hall–Kier alpha value is -3.44. The van der Waals surface area contributed by atoms with E-state index in [1.807, 2.05) is 20.0 Å². The van der Waals surface area contributed by atoms with Crippen LogP contribution in [-0.2, 0) is 7.05 Å². The van der Waals surface area contributed by atoms with Gasteiger partial charge in [0.25, 0.3) is 0 Å². The molecule has 0 bridgehead atoms. The molecule has 0 radical (unpaired) electrons. The van der Waals surface area contributed by atoms with Crippen molar-refractivity contribution in [1.29, 1.82) is 5.26 Å². The number of aliphatic imine (C=N–C) groups is 2. The molecule has 1 saturated heterocycles. The number of ether oxygens (including phenoxy) is 1. The van der Waals surface area contributed by atoms with Crippen LogP contribution >= 0.6 is 0 Å². The van der Waals surface area contributed by atoms with Gasteiger partial charge in [-0.05, 0) is 64.1 Å². The van der Waals surface area contributed by atoms with E-state index < -0.39 is 0 Å². The minimum absolute atomic E-state index is 0.411. The third-order valence-electron chi connectivity index (χ3n) is 5.17. The predicted molar refractivity (Wildman–Crippen MR) is 124 cm³/mol. The van der Waals surface area contributed by atoms with Gasteiger partial charge in [0.2, 0.25) is 5.88 Å². The van der Waals surface area contributed by atoms with Crippen molar-refractivity contribution in [1.82, 2.24) is 9.78 Å².